The van der Waals surface area contributed by atoms with Crippen LogP contribution in [0.25, 0.3) is 0 Å². The Hall–Kier alpha value is -2.61. The first-order valence-electron chi connectivity index (χ1n) is 7.46. The Morgan fingerprint density at radius 3 is 2.50 bits per heavy atom. The fraction of sp³-hybridized carbons (Fsp3) is 0.250. The van der Waals surface area contributed by atoms with Crippen molar-refractivity contribution in [2.24, 2.45) is 7.05 Å². The highest BCUT2D eigenvalue weighted by atomic mass is 32.2. The van der Waals surface area contributed by atoms with Crippen LogP contribution in [0.3, 0.4) is 0 Å². The van der Waals surface area contributed by atoms with Gasteiger partial charge < -0.3 is 0 Å². The summed E-state index contributed by atoms with van der Waals surface area (Å²) in [5, 5.41) is 8.36. The van der Waals surface area contributed by atoms with Crippen molar-refractivity contribution >= 4 is 15.7 Å². The van der Waals surface area contributed by atoms with Gasteiger partial charge in [0.05, 0.1) is 29.8 Å². The Labute approximate surface area is 141 Å². The number of anilines is 1. The van der Waals surface area contributed by atoms with Crippen LogP contribution in [0.1, 0.15) is 17.0 Å². The number of hydrogen-bond acceptors (Lipinski definition) is 4. The standard InChI is InChI=1S/C16H19N5O2S/c1-12-16(13(2)20(3)18-12)24(22,23)19-15-9-17-21(11-15)10-14-7-5-4-6-8-14/h4-9,11,19H,10H2,1-3H3. The van der Waals surface area contributed by atoms with E-state index in [1.165, 1.54) is 6.20 Å². The highest BCUT2D eigenvalue weighted by molar-refractivity contribution is 7.92. The first kappa shape index (κ1) is 16.3. The molecule has 2 aromatic heterocycles. The topological polar surface area (TPSA) is 81.8 Å². The smallest absolute Gasteiger partial charge is 0.265 e. The van der Waals surface area contributed by atoms with Crippen LogP contribution in [0.5, 0.6) is 0 Å². The predicted molar refractivity (Wildman–Crippen MR) is 91.3 cm³/mol. The number of nitrogens with zero attached hydrogens (tertiary/aromatic N) is 4. The molecule has 2 heterocycles. The molecular formula is C16H19N5O2S. The minimum absolute atomic E-state index is 0.209. The first-order chi connectivity index (χ1) is 11.4. The third-order valence-electron chi connectivity index (χ3n) is 3.78. The summed E-state index contributed by atoms with van der Waals surface area (Å²) in [7, 11) is -1.98. The summed E-state index contributed by atoms with van der Waals surface area (Å²) in [4.78, 5) is 0.209. The quantitative estimate of drug-likeness (QED) is 0.767. The highest BCUT2D eigenvalue weighted by Gasteiger charge is 2.24. The number of aromatic nitrogens is 4. The van der Waals surface area contributed by atoms with Crippen molar-refractivity contribution in [2.45, 2.75) is 25.3 Å². The normalized spacial score (nSPS) is 11.6. The average molecular weight is 345 g/mol. The molecule has 0 atom stereocenters. The van der Waals surface area contributed by atoms with E-state index in [0.717, 1.165) is 5.56 Å². The van der Waals surface area contributed by atoms with E-state index in [-0.39, 0.29) is 4.90 Å². The van der Waals surface area contributed by atoms with E-state index in [9.17, 15) is 8.42 Å². The molecule has 24 heavy (non-hydrogen) atoms. The second-order valence-electron chi connectivity index (χ2n) is 5.64. The zero-order valence-corrected chi connectivity index (χ0v) is 14.6. The molecule has 1 N–H and O–H groups in total. The van der Waals surface area contributed by atoms with Crippen molar-refractivity contribution in [1.29, 1.82) is 0 Å². The van der Waals surface area contributed by atoms with Gasteiger partial charge in [0, 0.05) is 13.2 Å². The van der Waals surface area contributed by atoms with Crippen LogP contribution < -0.4 is 4.72 Å². The van der Waals surface area contributed by atoms with Crippen LogP contribution in [0.2, 0.25) is 0 Å². The highest BCUT2D eigenvalue weighted by Crippen LogP contribution is 2.21. The van der Waals surface area contributed by atoms with Gasteiger partial charge in [0.2, 0.25) is 0 Å². The van der Waals surface area contributed by atoms with Gasteiger partial charge in [0.25, 0.3) is 10.0 Å². The maximum atomic E-state index is 12.6. The van der Waals surface area contributed by atoms with Crippen LogP contribution in [-0.4, -0.2) is 28.0 Å². The molecule has 0 saturated heterocycles. The van der Waals surface area contributed by atoms with Gasteiger partial charge in [0.1, 0.15) is 4.90 Å². The molecule has 0 unspecified atom stereocenters. The van der Waals surface area contributed by atoms with Crippen LogP contribution in [0.15, 0.2) is 47.6 Å². The average Bonchev–Trinajstić information content (AvgIpc) is 3.04. The second kappa shape index (κ2) is 6.12. The van der Waals surface area contributed by atoms with Crippen molar-refractivity contribution in [1.82, 2.24) is 19.6 Å². The number of benzene rings is 1. The summed E-state index contributed by atoms with van der Waals surface area (Å²) >= 11 is 0. The summed E-state index contributed by atoms with van der Waals surface area (Å²) < 4.78 is 31.1. The molecule has 8 heteroatoms. The monoisotopic (exact) mass is 345 g/mol. The van der Waals surface area contributed by atoms with E-state index in [4.69, 9.17) is 0 Å². The molecule has 0 fully saturated rings. The van der Waals surface area contributed by atoms with Crippen LogP contribution in [-0.2, 0) is 23.6 Å². The third kappa shape index (κ3) is 3.18. The molecule has 3 aromatic rings. The van der Waals surface area contributed by atoms with Gasteiger partial charge >= 0.3 is 0 Å². The molecule has 0 bridgehead atoms. The summed E-state index contributed by atoms with van der Waals surface area (Å²) in [5.41, 5.74) is 2.58. The van der Waals surface area contributed by atoms with Crippen molar-refractivity contribution in [3.05, 3.63) is 59.7 Å². The van der Waals surface area contributed by atoms with Gasteiger partial charge in [0.15, 0.2) is 0 Å². The lowest BCUT2D eigenvalue weighted by Crippen LogP contribution is -2.14. The van der Waals surface area contributed by atoms with Gasteiger partial charge in [-0.2, -0.15) is 10.2 Å². The zero-order chi connectivity index (χ0) is 17.3. The molecular weight excluding hydrogens is 326 g/mol. The fourth-order valence-corrected chi connectivity index (χ4v) is 4.09. The molecule has 1 aromatic carbocycles. The zero-order valence-electron chi connectivity index (χ0n) is 13.8. The first-order valence-corrected chi connectivity index (χ1v) is 8.94. The lowest BCUT2D eigenvalue weighted by molar-refractivity contribution is 0.599. The van der Waals surface area contributed by atoms with E-state index < -0.39 is 10.0 Å². The molecule has 7 nitrogen and oxygen atoms in total. The van der Waals surface area contributed by atoms with Crippen molar-refractivity contribution in [3.63, 3.8) is 0 Å². The van der Waals surface area contributed by atoms with Crippen LogP contribution in [0, 0.1) is 13.8 Å². The molecule has 0 aliphatic heterocycles. The number of nitrogens with one attached hydrogen (secondary N) is 1. The summed E-state index contributed by atoms with van der Waals surface area (Å²) in [6, 6.07) is 9.85. The van der Waals surface area contributed by atoms with Crippen molar-refractivity contribution < 1.29 is 8.42 Å². The number of rotatable bonds is 5. The van der Waals surface area contributed by atoms with Gasteiger partial charge in [-0.1, -0.05) is 30.3 Å². The van der Waals surface area contributed by atoms with E-state index in [1.807, 2.05) is 30.3 Å². The van der Waals surface area contributed by atoms with Crippen LogP contribution >= 0.6 is 0 Å². The molecule has 126 valence electrons. The van der Waals surface area contributed by atoms with Gasteiger partial charge in [-0.05, 0) is 19.4 Å². The van der Waals surface area contributed by atoms with Crippen molar-refractivity contribution in [2.75, 3.05) is 4.72 Å². The van der Waals surface area contributed by atoms with E-state index in [1.54, 1.807) is 36.5 Å². The fourth-order valence-electron chi connectivity index (χ4n) is 2.62. The molecule has 0 amide bonds. The van der Waals surface area contributed by atoms with Gasteiger partial charge in [-0.3, -0.25) is 14.1 Å². The third-order valence-corrected chi connectivity index (χ3v) is 5.42. The number of hydrogen-bond donors (Lipinski definition) is 1. The molecule has 0 saturated carbocycles. The Balaban J connectivity index is 1.81. The minimum Gasteiger partial charge on any atom is -0.276 e. The van der Waals surface area contributed by atoms with Crippen molar-refractivity contribution in [3.8, 4) is 0 Å². The van der Waals surface area contributed by atoms with Gasteiger partial charge in [-0.25, -0.2) is 8.42 Å². The maximum Gasteiger partial charge on any atom is 0.265 e. The molecule has 0 spiro atoms. The maximum absolute atomic E-state index is 12.6. The number of sulfonamides is 1. The van der Waals surface area contributed by atoms with Gasteiger partial charge in [-0.15, -0.1) is 0 Å². The molecule has 0 radical (unpaired) electrons. The lowest BCUT2D eigenvalue weighted by atomic mass is 10.2. The van der Waals surface area contributed by atoms with E-state index in [0.29, 0.717) is 23.6 Å². The summed E-state index contributed by atoms with van der Waals surface area (Å²) in [5.74, 6) is 0. The summed E-state index contributed by atoms with van der Waals surface area (Å²) in [6.07, 6.45) is 3.17. The van der Waals surface area contributed by atoms with E-state index >= 15 is 0 Å². The van der Waals surface area contributed by atoms with Crippen LogP contribution in [0.4, 0.5) is 5.69 Å². The Morgan fingerprint density at radius 1 is 1.17 bits per heavy atom. The Bertz CT molecular complexity index is 958. The Kier molecular flexibility index (Phi) is 4.15. The van der Waals surface area contributed by atoms with E-state index in [2.05, 4.69) is 14.9 Å². The lowest BCUT2D eigenvalue weighted by Gasteiger charge is -2.06. The predicted octanol–water partition coefficient (Wildman–Crippen LogP) is 2.08. The SMILES string of the molecule is Cc1nn(C)c(C)c1S(=O)(=O)Nc1cnn(Cc2ccccc2)c1. The summed E-state index contributed by atoms with van der Waals surface area (Å²) in [6.45, 7) is 3.99. The molecule has 0 aliphatic rings. The molecule has 0 aliphatic carbocycles. The largest absolute Gasteiger partial charge is 0.276 e. The molecule has 3 rings (SSSR count). The number of aryl methyl sites for hydroxylation is 2. The Morgan fingerprint density at radius 2 is 1.88 bits per heavy atom. The minimum atomic E-state index is -3.70. The second-order valence-corrected chi connectivity index (χ2v) is 7.26.